The molecule has 0 aliphatic heterocycles. The third-order valence-corrected chi connectivity index (χ3v) is 4.32. The highest BCUT2D eigenvalue weighted by Crippen LogP contribution is 2.36. The number of rotatable bonds is 3. The Kier molecular flexibility index (Phi) is 4.53. The van der Waals surface area contributed by atoms with Crippen LogP contribution in [0.25, 0.3) is 10.9 Å². The number of hydrogen-bond acceptors (Lipinski definition) is 5. The minimum Gasteiger partial charge on any atom is -0.354 e. The summed E-state index contributed by atoms with van der Waals surface area (Å²) in [6.45, 7) is 0. The quantitative estimate of drug-likeness (QED) is 0.457. The molecule has 6 nitrogen and oxygen atoms in total. The minimum absolute atomic E-state index is 0.0889. The zero-order valence-electron chi connectivity index (χ0n) is 12.3. The normalized spacial score (nSPS) is 10.5. The lowest BCUT2D eigenvalue weighted by Crippen LogP contribution is -1.99. The van der Waals surface area contributed by atoms with Gasteiger partial charge >= 0.3 is 0 Å². The molecule has 0 aliphatic carbocycles. The van der Waals surface area contributed by atoms with Gasteiger partial charge in [-0.15, -0.1) is 0 Å². The summed E-state index contributed by atoms with van der Waals surface area (Å²) in [5.74, 6) is -0.578. The fraction of sp³-hybridized carbons (Fsp3) is 0. The van der Waals surface area contributed by atoms with Gasteiger partial charge in [0, 0.05) is 29.4 Å². The standard InChI is InChI=1S/C16H7BrClFN4O2/c17-12-5-10(23(24)25)4-11-15(8(6-20)7-21-16(11)12)22-9-1-2-14(19)13(18)3-9/h1-5,7H,(H,21,22). The third kappa shape index (κ3) is 3.24. The van der Waals surface area contributed by atoms with Crippen LogP contribution >= 0.6 is 27.5 Å². The van der Waals surface area contributed by atoms with Crippen LogP contribution in [0, 0.1) is 27.3 Å². The fourth-order valence-electron chi connectivity index (χ4n) is 2.29. The Bertz CT molecular complexity index is 1070. The van der Waals surface area contributed by atoms with Gasteiger partial charge in [0.2, 0.25) is 0 Å². The van der Waals surface area contributed by atoms with Crippen LogP contribution < -0.4 is 5.32 Å². The first kappa shape index (κ1) is 17.1. The van der Waals surface area contributed by atoms with Crippen LogP contribution in [0.4, 0.5) is 21.5 Å². The number of pyridine rings is 1. The summed E-state index contributed by atoms with van der Waals surface area (Å²) in [4.78, 5) is 14.8. The zero-order valence-corrected chi connectivity index (χ0v) is 14.6. The Morgan fingerprint density at radius 2 is 2.12 bits per heavy atom. The van der Waals surface area contributed by atoms with Crippen molar-refractivity contribution >= 4 is 55.5 Å². The van der Waals surface area contributed by atoms with Crippen molar-refractivity contribution in [2.75, 3.05) is 5.32 Å². The number of non-ortho nitro benzene ring substituents is 1. The second kappa shape index (κ2) is 6.63. The number of nitro groups is 1. The summed E-state index contributed by atoms with van der Waals surface area (Å²) >= 11 is 9.03. The molecule has 1 heterocycles. The van der Waals surface area contributed by atoms with E-state index in [9.17, 15) is 19.8 Å². The van der Waals surface area contributed by atoms with E-state index in [0.717, 1.165) is 0 Å². The van der Waals surface area contributed by atoms with Crippen LogP contribution in [0.1, 0.15) is 5.56 Å². The molecule has 3 rings (SSSR count). The van der Waals surface area contributed by atoms with Gasteiger partial charge in [-0.3, -0.25) is 15.1 Å². The SMILES string of the molecule is N#Cc1cnc2c(Br)cc([N+](=O)[O-])cc2c1Nc1ccc(F)c(Cl)c1. The van der Waals surface area contributed by atoms with E-state index >= 15 is 0 Å². The summed E-state index contributed by atoms with van der Waals surface area (Å²) in [7, 11) is 0. The first-order valence-electron chi connectivity index (χ1n) is 6.79. The van der Waals surface area contributed by atoms with E-state index in [2.05, 4.69) is 26.2 Å². The number of nitriles is 1. The fourth-order valence-corrected chi connectivity index (χ4v) is 3.02. The van der Waals surface area contributed by atoms with Gasteiger partial charge in [-0.1, -0.05) is 11.6 Å². The van der Waals surface area contributed by atoms with Crippen LogP contribution in [0.15, 0.2) is 41.0 Å². The van der Waals surface area contributed by atoms with Crippen molar-refractivity contribution in [2.45, 2.75) is 0 Å². The van der Waals surface area contributed by atoms with Gasteiger partial charge in [0.15, 0.2) is 0 Å². The average molecular weight is 422 g/mol. The van der Waals surface area contributed by atoms with E-state index < -0.39 is 10.7 Å². The molecule has 25 heavy (non-hydrogen) atoms. The second-order valence-corrected chi connectivity index (χ2v) is 6.25. The smallest absolute Gasteiger partial charge is 0.271 e. The van der Waals surface area contributed by atoms with Crippen molar-refractivity contribution in [1.82, 2.24) is 4.98 Å². The summed E-state index contributed by atoms with van der Waals surface area (Å²) in [5.41, 5.74) is 1.22. The molecule has 0 radical (unpaired) electrons. The van der Waals surface area contributed by atoms with E-state index in [1.165, 1.54) is 36.5 Å². The van der Waals surface area contributed by atoms with Gasteiger partial charge in [0.05, 0.1) is 31.2 Å². The monoisotopic (exact) mass is 420 g/mol. The molecule has 9 heteroatoms. The lowest BCUT2D eigenvalue weighted by molar-refractivity contribution is -0.384. The van der Waals surface area contributed by atoms with Gasteiger partial charge in [-0.2, -0.15) is 5.26 Å². The Balaban J connectivity index is 2.25. The summed E-state index contributed by atoms with van der Waals surface area (Å²) in [6.07, 6.45) is 1.35. The number of halogens is 3. The van der Waals surface area contributed by atoms with Gasteiger partial charge in [-0.25, -0.2) is 4.39 Å². The zero-order chi connectivity index (χ0) is 18.1. The Morgan fingerprint density at radius 3 is 2.76 bits per heavy atom. The molecule has 0 spiro atoms. The van der Waals surface area contributed by atoms with E-state index in [1.54, 1.807) is 0 Å². The highest BCUT2D eigenvalue weighted by molar-refractivity contribution is 9.10. The Hall–Kier alpha value is -2.76. The molecule has 0 amide bonds. The van der Waals surface area contributed by atoms with E-state index in [1.807, 2.05) is 6.07 Å². The van der Waals surface area contributed by atoms with E-state index in [-0.39, 0.29) is 16.3 Å². The summed E-state index contributed by atoms with van der Waals surface area (Å²) < 4.78 is 13.7. The predicted molar refractivity (Wildman–Crippen MR) is 95.5 cm³/mol. The number of aromatic nitrogens is 1. The number of fused-ring (bicyclic) bond motifs is 1. The average Bonchev–Trinajstić information content (AvgIpc) is 2.58. The van der Waals surface area contributed by atoms with Crippen molar-refractivity contribution in [3.05, 3.63) is 67.5 Å². The Labute approximate surface area is 154 Å². The first-order chi connectivity index (χ1) is 11.9. The number of nitrogens with one attached hydrogen (secondary N) is 1. The molecule has 0 atom stereocenters. The van der Waals surface area contributed by atoms with Crippen molar-refractivity contribution in [3.63, 3.8) is 0 Å². The van der Waals surface area contributed by atoms with Gasteiger partial charge in [0.25, 0.3) is 5.69 Å². The van der Waals surface area contributed by atoms with Crippen molar-refractivity contribution in [1.29, 1.82) is 5.26 Å². The van der Waals surface area contributed by atoms with Crippen LogP contribution in [-0.4, -0.2) is 9.91 Å². The van der Waals surface area contributed by atoms with Crippen molar-refractivity contribution in [2.24, 2.45) is 0 Å². The maximum atomic E-state index is 13.3. The minimum atomic E-state index is -0.578. The molecule has 2 aromatic carbocycles. The second-order valence-electron chi connectivity index (χ2n) is 4.99. The largest absolute Gasteiger partial charge is 0.354 e. The number of nitro benzene ring substituents is 1. The lowest BCUT2D eigenvalue weighted by atomic mass is 10.1. The molecule has 1 N–H and O–H groups in total. The maximum absolute atomic E-state index is 13.3. The van der Waals surface area contributed by atoms with Crippen molar-refractivity contribution in [3.8, 4) is 6.07 Å². The summed E-state index contributed by atoms with van der Waals surface area (Å²) in [6, 6.07) is 8.62. The molecule has 0 aliphatic rings. The van der Waals surface area contributed by atoms with Crippen LogP contribution in [0.5, 0.6) is 0 Å². The molecule has 124 valence electrons. The molecular weight excluding hydrogens is 415 g/mol. The molecule has 0 fully saturated rings. The van der Waals surface area contributed by atoms with Crippen LogP contribution in [-0.2, 0) is 0 Å². The molecule has 0 bridgehead atoms. The van der Waals surface area contributed by atoms with Gasteiger partial charge in [0.1, 0.15) is 11.9 Å². The molecule has 0 saturated carbocycles. The summed E-state index contributed by atoms with van der Waals surface area (Å²) in [5, 5.41) is 23.7. The number of benzene rings is 2. The molecule has 0 unspecified atom stereocenters. The maximum Gasteiger partial charge on any atom is 0.271 e. The lowest BCUT2D eigenvalue weighted by Gasteiger charge is -2.12. The first-order valence-corrected chi connectivity index (χ1v) is 7.96. The van der Waals surface area contributed by atoms with E-state index in [0.29, 0.717) is 26.8 Å². The highest BCUT2D eigenvalue weighted by Gasteiger charge is 2.17. The molecule has 3 aromatic rings. The van der Waals surface area contributed by atoms with Gasteiger partial charge < -0.3 is 5.32 Å². The van der Waals surface area contributed by atoms with Crippen LogP contribution in [0.2, 0.25) is 5.02 Å². The Morgan fingerprint density at radius 1 is 1.36 bits per heavy atom. The number of nitrogens with zero attached hydrogens (tertiary/aromatic N) is 3. The molecular formula is C16H7BrClFN4O2. The highest BCUT2D eigenvalue weighted by atomic mass is 79.9. The predicted octanol–water partition coefficient (Wildman–Crippen LogP) is 5.31. The molecule has 0 saturated heterocycles. The number of hydrogen-bond donors (Lipinski definition) is 1. The van der Waals surface area contributed by atoms with Crippen LogP contribution in [0.3, 0.4) is 0 Å². The molecule has 1 aromatic heterocycles. The number of anilines is 2. The topological polar surface area (TPSA) is 91.8 Å². The van der Waals surface area contributed by atoms with Crippen molar-refractivity contribution < 1.29 is 9.31 Å². The van der Waals surface area contributed by atoms with Gasteiger partial charge in [-0.05, 0) is 34.1 Å². The third-order valence-electron chi connectivity index (χ3n) is 3.43. The van der Waals surface area contributed by atoms with E-state index in [4.69, 9.17) is 11.6 Å².